The molecule has 0 aromatic heterocycles. The molecule has 0 spiro atoms. The molecule has 0 heterocycles. The fraction of sp³-hybridized carbons (Fsp3) is 0.350. The number of nitrogens with two attached hydrogens (primary N) is 1. The molecule has 28 heavy (non-hydrogen) atoms. The highest BCUT2D eigenvalue weighted by molar-refractivity contribution is 7.89. The van der Waals surface area contributed by atoms with Crippen LogP contribution in [0.3, 0.4) is 0 Å². The van der Waals surface area contributed by atoms with Gasteiger partial charge >= 0.3 is 0 Å². The van der Waals surface area contributed by atoms with E-state index in [1.165, 1.54) is 6.07 Å². The number of hydrogen-bond donors (Lipinski definition) is 3. The maximum atomic E-state index is 12.6. The van der Waals surface area contributed by atoms with Gasteiger partial charge in [-0.25, -0.2) is 13.1 Å². The van der Waals surface area contributed by atoms with Gasteiger partial charge in [-0.1, -0.05) is 36.4 Å². The fourth-order valence-corrected chi connectivity index (χ4v) is 4.41. The maximum Gasteiger partial charge on any atom is 0.241 e. The Morgan fingerprint density at radius 1 is 1.07 bits per heavy atom. The minimum Gasteiger partial charge on any atom is -0.326 e. The van der Waals surface area contributed by atoms with Gasteiger partial charge < -0.3 is 11.1 Å². The normalized spacial score (nSPS) is 12.8. The predicted molar refractivity (Wildman–Crippen MR) is 115 cm³/mol. The molecule has 0 radical (unpaired) electrons. The van der Waals surface area contributed by atoms with Crippen molar-refractivity contribution in [3.8, 4) is 0 Å². The molecule has 2 aromatic carbocycles. The second kappa shape index (κ2) is 9.52. The Labute approximate surface area is 173 Å². The zero-order valence-electron chi connectivity index (χ0n) is 16.5. The van der Waals surface area contributed by atoms with Gasteiger partial charge in [0.2, 0.25) is 15.9 Å². The van der Waals surface area contributed by atoms with E-state index in [1.54, 1.807) is 39.8 Å². The van der Waals surface area contributed by atoms with Crippen molar-refractivity contribution < 1.29 is 13.2 Å². The molecular formula is C20H28ClN3O3S. The third-order valence-electron chi connectivity index (χ3n) is 3.92. The summed E-state index contributed by atoms with van der Waals surface area (Å²) in [6.07, 6.45) is 0.0979. The Balaban J connectivity index is 0.00000392. The summed E-state index contributed by atoms with van der Waals surface area (Å²) in [5.74, 6) is -0.271. The number of nitrogens with one attached hydrogen (secondary N) is 2. The van der Waals surface area contributed by atoms with Crippen LogP contribution in [-0.4, -0.2) is 19.9 Å². The Kier molecular flexibility index (Phi) is 8.19. The Bertz CT molecular complexity index is 910. The summed E-state index contributed by atoms with van der Waals surface area (Å²) in [4.78, 5) is 12.5. The van der Waals surface area contributed by atoms with Crippen LogP contribution < -0.4 is 15.8 Å². The third kappa shape index (κ3) is 6.60. The van der Waals surface area contributed by atoms with Crippen molar-refractivity contribution in [2.24, 2.45) is 5.73 Å². The maximum absolute atomic E-state index is 12.6. The first-order chi connectivity index (χ1) is 12.5. The van der Waals surface area contributed by atoms with Crippen LogP contribution in [-0.2, 0) is 14.8 Å². The van der Waals surface area contributed by atoms with E-state index in [1.807, 2.05) is 30.3 Å². The van der Waals surface area contributed by atoms with Crippen molar-refractivity contribution in [1.29, 1.82) is 0 Å². The van der Waals surface area contributed by atoms with Crippen LogP contribution in [0.25, 0.3) is 0 Å². The van der Waals surface area contributed by atoms with Crippen LogP contribution in [0.5, 0.6) is 0 Å². The highest BCUT2D eigenvalue weighted by atomic mass is 35.5. The molecule has 2 aromatic rings. The number of carbonyl (C=O) groups excluding carboxylic acids is 1. The minimum absolute atomic E-state index is 0. The number of sulfonamides is 1. The molecule has 0 saturated carbocycles. The summed E-state index contributed by atoms with van der Waals surface area (Å²) in [7, 11) is -3.70. The Hall–Kier alpha value is -1.93. The van der Waals surface area contributed by atoms with Crippen LogP contribution in [0.15, 0.2) is 53.4 Å². The van der Waals surface area contributed by atoms with Crippen LogP contribution >= 0.6 is 12.4 Å². The van der Waals surface area contributed by atoms with Gasteiger partial charge in [0.1, 0.15) is 0 Å². The lowest BCUT2D eigenvalue weighted by Crippen LogP contribution is -2.40. The molecule has 0 aliphatic heterocycles. The van der Waals surface area contributed by atoms with Gasteiger partial charge in [0, 0.05) is 23.7 Å². The van der Waals surface area contributed by atoms with Gasteiger partial charge in [-0.05, 0) is 51.0 Å². The molecule has 0 bridgehead atoms. The second-order valence-electron chi connectivity index (χ2n) is 7.55. The number of hydrogen-bond acceptors (Lipinski definition) is 4. The van der Waals surface area contributed by atoms with Crippen molar-refractivity contribution in [2.75, 3.05) is 5.32 Å². The van der Waals surface area contributed by atoms with Crippen molar-refractivity contribution in [1.82, 2.24) is 4.72 Å². The topological polar surface area (TPSA) is 101 Å². The lowest BCUT2D eigenvalue weighted by Gasteiger charge is -2.22. The van der Waals surface area contributed by atoms with Crippen LogP contribution in [0.4, 0.5) is 5.69 Å². The van der Waals surface area contributed by atoms with Gasteiger partial charge in [-0.15, -0.1) is 12.4 Å². The highest BCUT2D eigenvalue weighted by Gasteiger charge is 2.24. The zero-order valence-corrected chi connectivity index (χ0v) is 18.2. The molecule has 6 nitrogen and oxygen atoms in total. The minimum atomic E-state index is -3.70. The van der Waals surface area contributed by atoms with E-state index in [-0.39, 0.29) is 29.6 Å². The molecule has 0 saturated heterocycles. The SMILES string of the molecule is Cc1c(NC(=O)CC(N)c2ccccc2)cccc1S(=O)(=O)NC(C)(C)C.Cl. The number of carbonyl (C=O) groups is 1. The number of amides is 1. The monoisotopic (exact) mass is 425 g/mol. The average molecular weight is 426 g/mol. The second-order valence-corrected chi connectivity index (χ2v) is 9.20. The molecule has 1 atom stereocenters. The summed E-state index contributed by atoms with van der Waals surface area (Å²) in [5.41, 5.74) is 7.29. The molecule has 8 heteroatoms. The van der Waals surface area contributed by atoms with Crippen molar-refractivity contribution in [3.05, 3.63) is 59.7 Å². The quantitative estimate of drug-likeness (QED) is 0.658. The lowest BCUT2D eigenvalue weighted by atomic mass is 10.0. The molecule has 154 valence electrons. The van der Waals surface area contributed by atoms with E-state index in [0.29, 0.717) is 11.3 Å². The predicted octanol–water partition coefficient (Wildman–Crippen LogP) is 3.52. The van der Waals surface area contributed by atoms with Gasteiger partial charge in [-0.3, -0.25) is 4.79 Å². The van der Waals surface area contributed by atoms with Gasteiger partial charge in [0.05, 0.1) is 4.90 Å². The molecule has 0 aliphatic rings. The summed E-state index contributed by atoms with van der Waals surface area (Å²) in [6, 6.07) is 13.7. The van der Waals surface area contributed by atoms with E-state index in [4.69, 9.17) is 5.73 Å². The van der Waals surface area contributed by atoms with E-state index in [0.717, 1.165) is 5.56 Å². The summed E-state index contributed by atoms with van der Waals surface area (Å²) in [6.45, 7) is 6.99. The Morgan fingerprint density at radius 3 is 2.25 bits per heavy atom. The number of anilines is 1. The molecular weight excluding hydrogens is 398 g/mol. The fourth-order valence-electron chi connectivity index (χ4n) is 2.72. The average Bonchev–Trinajstić information content (AvgIpc) is 2.55. The van der Waals surface area contributed by atoms with Crippen LogP contribution in [0.1, 0.15) is 44.4 Å². The van der Waals surface area contributed by atoms with E-state index >= 15 is 0 Å². The van der Waals surface area contributed by atoms with Gasteiger partial charge in [0.25, 0.3) is 0 Å². The van der Waals surface area contributed by atoms with E-state index < -0.39 is 21.6 Å². The van der Waals surface area contributed by atoms with Crippen molar-refractivity contribution in [3.63, 3.8) is 0 Å². The summed E-state index contributed by atoms with van der Waals surface area (Å²) >= 11 is 0. The van der Waals surface area contributed by atoms with Gasteiger partial charge in [0.15, 0.2) is 0 Å². The molecule has 2 rings (SSSR count). The smallest absolute Gasteiger partial charge is 0.241 e. The summed E-state index contributed by atoms with van der Waals surface area (Å²) < 4.78 is 27.9. The number of benzene rings is 2. The first-order valence-corrected chi connectivity index (χ1v) is 10.2. The number of halogens is 1. The van der Waals surface area contributed by atoms with E-state index in [9.17, 15) is 13.2 Å². The van der Waals surface area contributed by atoms with Crippen molar-refractivity contribution in [2.45, 2.75) is 50.6 Å². The molecule has 0 aliphatic carbocycles. The third-order valence-corrected chi connectivity index (χ3v) is 5.82. The molecule has 1 amide bonds. The first-order valence-electron chi connectivity index (χ1n) is 8.73. The standard InChI is InChI=1S/C20H27N3O3S.ClH/c1-14-17(11-8-12-18(14)27(25,26)23-20(2,3)4)22-19(24)13-16(21)15-9-6-5-7-10-15;/h5-12,16,23H,13,21H2,1-4H3,(H,22,24);1H. The molecule has 0 fully saturated rings. The Morgan fingerprint density at radius 2 is 1.68 bits per heavy atom. The zero-order chi connectivity index (χ0) is 20.2. The van der Waals surface area contributed by atoms with E-state index in [2.05, 4.69) is 10.0 Å². The molecule has 4 N–H and O–H groups in total. The van der Waals surface area contributed by atoms with Gasteiger partial charge in [-0.2, -0.15) is 0 Å². The summed E-state index contributed by atoms with van der Waals surface area (Å²) in [5, 5.41) is 2.78. The molecule has 1 unspecified atom stereocenters. The lowest BCUT2D eigenvalue weighted by molar-refractivity contribution is -0.116. The van der Waals surface area contributed by atoms with Crippen LogP contribution in [0.2, 0.25) is 0 Å². The largest absolute Gasteiger partial charge is 0.326 e. The van der Waals surface area contributed by atoms with Crippen molar-refractivity contribution >= 4 is 34.0 Å². The highest BCUT2D eigenvalue weighted by Crippen LogP contribution is 2.25. The first kappa shape index (κ1) is 24.1. The number of rotatable bonds is 6. The van der Waals surface area contributed by atoms with Crippen LogP contribution in [0, 0.1) is 6.92 Å².